The zero-order valence-corrected chi connectivity index (χ0v) is 10.9. The topological polar surface area (TPSA) is 29.5 Å². The monoisotopic (exact) mass is 262 g/mol. The number of benzene rings is 3. The number of rotatable bonds is 3. The highest BCUT2D eigenvalue weighted by atomic mass is 16.5. The van der Waals surface area contributed by atoms with Crippen LogP contribution in [0.1, 0.15) is 0 Å². The van der Waals surface area contributed by atoms with Crippen LogP contribution in [0, 0.1) is 0 Å². The smallest absolute Gasteiger partial charge is 0.169 e. The molecular weight excluding hydrogens is 248 g/mol. The van der Waals surface area contributed by atoms with Crippen LogP contribution >= 0.6 is 0 Å². The second-order valence-electron chi connectivity index (χ2n) is 4.43. The number of phenols is 1. The predicted octanol–water partition coefficient (Wildman–Crippen LogP) is 4.85. The Labute approximate surface area is 117 Å². The van der Waals surface area contributed by atoms with E-state index in [0.717, 1.165) is 11.1 Å². The Morgan fingerprint density at radius 1 is 0.650 bits per heavy atom. The summed E-state index contributed by atoms with van der Waals surface area (Å²) < 4.78 is 5.72. The molecule has 0 aliphatic rings. The van der Waals surface area contributed by atoms with E-state index in [9.17, 15) is 5.11 Å². The SMILES string of the molecule is Oc1c(Oc2ccccc2)cccc1-c1ccccc1. The summed E-state index contributed by atoms with van der Waals surface area (Å²) in [5, 5.41) is 10.4. The van der Waals surface area contributed by atoms with Gasteiger partial charge in [-0.25, -0.2) is 0 Å². The van der Waals surface area contributed by atoms with Gasteiger partial charge in [-0.15, -0.1) is 0 Å². The summed E-state index contributed by atoms with van der Waals surface area (Å²) in [6.07, 6.45) is 0. The van der Waals surface area contributed by atoms with Gasteiger partial charge in [-0.05, 0) is 23.8 Å². The van der Waals surface area contributed by atoms with Crippen LogP contribution in [0.3, 0.4) is 0 Å². The molecule has 0 bridgehead atoms. The van der Waals surface area contributed by atoms with Crippen molar-refractivity contribution in [3.63, 3.8) is 0 Å². The molecule has 20 heavy (non-hydrogen) atoms. The Balaban J connectivity index is 1.98. The first kappa shape index (κ1) is 12.3. The Kier molecular flexibility index (Phi) is 3.38. The third-order valence-corrected chi connectivity index (χ3v) is 3.05. The fraction of sp³-hybridized carbons (Fsp3) is 0. The summed E-state index contributed by atoms with van der Waals surface area (Å²) >= 11 is 0. The van der Waals surface area contributed by atoms with E-state index in [1.165, 1.54) is 0 Å². The van der Waals surface area contributed by atoms with Crippen LogP contribution in [0.15, 0.2) is 78.9 Å². The van der Waals surface area contributed by atoms with Crippen LogP contribution in [-0.4, -0.2) is 5.11 Å². The molecule has 3 aromatic carbocycles. The quantitative estimate of drug-likeness (QED) is 0.731. The van der Waals surface area contributed by atoms with E-state index < -0.39 is 0 Å². The van der Waals surface area contributed by atoms with Gasteiger partial charge in [0.05, 0.1) is 0 Å². The third-order valence-electron chi connectivity index (χ3n) is 3.05. The lowest BCUT2D eigenvalue weighted by atomic mass is 10.0. The van der Waals surface area contributed by atoms with Crippen molar-refractivity contribution in [1.82, 2.24) is 0 Å². The van der Waals surface area contributed by atoms with Crippen LogP contribution in [0.4, 0.5) is 0 Å². The zero-order valence-electron chi connectivity index (χ0n) is 10.9. The van der Waals surface area contributed by atoms with E-state index in [1.54, 1.807) is 6.07 Å². The average molecular weight is 262 g/mol. The van der Waals surface area contributed by atoms with Crippen molar-refractivity contribution in [2.45, 2.75) is 0 Å². The van der Waals surface area contributed by atoms with Gasteiger partial charge in [0.15, 0.2) is 11.5 Å². The summed E-state index contributed by atoms with van der Waals surface area (Å²) in [5.74, 6) is 1.31. The van der Waals surface area contributed by atoms with Gasteiger partial charge >= 0.3 is 0 Å². The number of ether oxygens (including phenoxy) is 1. The first-order valence-corrected chi connectivity index (χ1v) is 6.45. The normalized spacial score (nSPS) is 10.2. The summed E-state index contributed by atoms with van der Waals surface area (Å²) in [4.78, 5) is 0. The van der Waals surface area contributed by atoms with Crippen molar-refractivity contribution >= 4 is 0 Å². The Morgan fingerprint density at radius 3 is 2.00 bits per heavy atom. The van der Waals surface area contributed by atoms with Crippen LogP contribution in [0.2, 0.25) is 0 Å². The molecule has 3 aromatic rings. The van der Waals surface area contributed by atoms with E-state index >= 15 is 0 Å². The predicted molar refractivity (Wildman–Crippen MR) is 80.1 cm³/mol. The fourth-order valence-corrected chi connectivity index (χ4v) is 2.07. The van der Waals surface area contributed by atoms with E-state index in [-0.39, 0.29) is 5.75 Å². The van der Waals surface area contributed by atoms with Crippen LogP contribution in [0.25, 0.3) is 11.1 Å². The molecule has 0 saturated heterocycles. The highest BCUT2D eigenvalue weighted by Gasteiger charge is 2.10. The molecule has 0 aliphatic carbocycles. The second kappa shape index (κ2) is 5.49. The van der Waals surface area contributed by atoms with E-state index in [2.05, 4.69) is 0 Å². The van der Waals surface area contributed by atoms with Gasteiger partial charge in [-0.2, -0.15) is 0 Å². The van der Waals surface area contributed by atoms with Gasteiger partial charge in [-0.3, -0.25) is 0 Å². The van der Waals surface area contributed by atoms with Crippen molar-refractivity contribution in [3.8, 4) is 28.4 Å². The zero-order chi connectivity index (χ0) is 13.8. The van der Waals surface area contributed by atoms with Crippen LogP contribution in [0.5, 0.6) is 17.2 Å². The van der Waals surface area contributed by atoms with Crippen LogP contribution < -0.4 is 4.74 Å². The largest absolute Gasteiger partial charge is 0.504 e. The first-order valence-electron chi connectivity index (χ1n) is 6.45. The molecule has 0 atom stereocenters. The summed E-state index contributed by atoms with van der Waals surface area (Å²) in [6.45, 7) is 0. The molecule has 3 rings (SSSR count). The number of aromatic hydroxyl groups is 1. The van der Waals surface area contributed by atoms with Crippen LogP contribution in [-0.2, 0) is 0 Å². The summed E-state index contributed by atoms with van der Waals surface area (Å²) in [5.41, 5.74) is 1.72. The number of hydrogen-bond donors (Lipinski definition) is 1. The Bertz CT molecular complexity index is 691. The van der Waals surface area contributed by atoms with Gasteiger partial charge in [0, 0.05) is 5.56 Å². The van der Waals surface area contributed by atoms with Gasteiger partial charge in [-0.1, -0.05) is 60.7 Å². The lowest BCUT2D eigenvalue weighted by Crippen LogP contribution is -1.86. The van der Waals surface area contributed by atoms with E-state index in [1.807, 2.05) is 72.8 Å². The van der Waals surface area contributed by atoms with Crippen molar-refractivity contribution in [2.75, 3.05) is 0 Å². The lowest BCUT2D eigenvalue weighted by Gasteiger charge is -2.11. The molecule has 0 radical (unpaired) electrons. The fourth-order valence-electron chi connectivity index (χ4n) is 2.07. The lowest BCUT2D eigenvalue weighted by molar-refractivity contribution is 0.413. The molecule has 2 heteroatoms. The number of hydrogen-bond acceptors (Lipinski definition) is 2. The van der Waals surface area contributed by atoms with Gasteiger partial charge < -0.3 is 9.84 Å². The standard InChI is InChI=1S/C18H14O2/c19-18-16(14-8-3-1-4-9-14)12-7-13-17(18)20-15-10-5-2-6-11-15/h1-13,19H. The molecule has 0 aromatic heterocycles. The molecule has 0 saturated carbocycles. The molecular formula is C18H14O2. The van der Waals surface area contributed by atoms with Gasteiger partial charge in [0.1, 0.15) is 5.75 Å². The minimum Gasteiger partial charge on any atom is -0.504 e. The second-order valence-corrected chi connectivity index (χ2v) is 4.43. The minimum atomic E-state index is 0.155. The highest BCUT2D eigenvalue weighted by Crippen LogP contribution is 2.38. The van der Waals surface area contributed by atoms with Gasteiger partial charge in [0.2, 0.25) is 0 Å². The van der Waals surface area contributed by atoms with Crippen molar-refractivity contribution in [3.05, 3.63) is 78.9 Å². The molecule has 0 heterocycles. The summed E-state index contributed by atoms with van der Waals surface area (Å²) in [6, 6.07) is 24.7. The molecule has 1 N–H and O–H groups in total. The Morgan fingerprint density at radius 2 is 1.30 bits per heavy atom. The number of phenolic OH excluding ortho intramolecular Hbond substituents is 1. The molecule has 0 aliphatic heterocycles. The highest BCUT2D eigenvalue weighted by molar-refractivity contribution is 5.73. The molecule has 0 amide bonds. The molecule has 0 spiro atoms. The average Bonchev–Trinajstić information content (AvgIpc) is 2.51. The first-order chi connectivity index (χ1) is 9.84. The maximum absolute atomic E-state index is 10.4. The van der Waals surface area contributed by atoms with E-state index in [4.69, 9.17) is 4.74 Å². The third kappa shape index (κ3) is 2.50. The number of para-hydroxylation sites is 2. The van der Waals surface area contributed by atoms with Crippen molar-refractivity contribution in [1.29, 1.82) is 0 Å². The molecule has 2 nitrogen and oxygen atoms in total. The Hall–Kier alpha value is -2.74. The molecule has 98 valence electrons. The maximum atomic E-state index is 10.4. The molecule has 0 unspecified atom stereocenters. The minimum absolute atomic E-state index is 0.155. The van der Waals surface area contributed by atoms with Crippen molar-refractivity contribution in [2.24, 2.45) is 0 Å². The summed E-state index contributed by atoms with van der Waals surface area (Å²) in [7, 11) is 0. The maximum Gasteiger partial charge on any atom is 0.169 e. The van der Waals surface area contributed by atoms with Gasteiger partial charge in [0.25, 0.3) is 0 Å². The van der Waals surface area contributed by atoms with Crippen molar-refractivity contribution < 1.29 is 9.84 Å². The van der Waals surface area contributed by atoms with E-state index in [0.29, 0.717) is 11.5 Å². The molecule has 0 fully saturated rings.